The Balaban J connectivity index is 2.66. The van der Waals surface area contributed by atoms with E-state index in [0.717, 1.165) is 12.8 Å². The topological polar surface area (TPSA) is 52.6 Å². The van der Waals surface area contributed by atoms with Crippen LogP contribution < -0.4 is 0 Å². The second kappa shape index (κ2) is 5.34. The lowest BCUT2D eigenvalue weighted by Gasteiger charge is -2.28. The Morgan fingerprint density at radius 3 is 1.65 bits per heavy atom. The first-order chi connectivity index (χ1) is 7.84. The molecule has 0 aromatic carbocycles. The van der Waals surface area contributed by atoms with Gasteiger partial charge in [0.15, 0.2) is 0 Å². The summed E-state index contributed by atoms with van der Waals surface area (Å²) in [5.41, 5.74) is 2.33. The fourth-order valence-electron chi connectivity index (χ4n) is 2.24. The van der Waals surface area contributed by atoms with Gasteiger partial charge in [-0.3, -0.25) is 9.59 Å². The molecule has 1 aliphatic carbocycles. The minimum Gasteiger partial charge on any atom is -0.465 e. The van der Waals surface area contributed by atoms with Crippen molar-refractivity contribution in [3.05, 3.63) is 11.1 Å². The predicted molar refractivity (Wildman–Crippen MR) is 63.3 cm³/mol. The summed E-state index contributed by atoms with van der Waals surface area (Å²) in [6.07, 6.45) is 1.64. The summed E-state index contributed by atoms with van der Waals surface area (Å²) in [4.78, 5) is 21.8. The van der Waals surface area contributed by atoms with E-state index in [1.807, 2.05) is 0 Å². The zero-order chi connectivity index (χ0) is 13.1. The third kappa shape index (κ3) is 3.88. The molecule has 0 N–H and O–H groups in total. The van der Waals surface area contributed by atoms with Crippen molar-refractivity contribution in [2.24, 2.45) is 5.41 Å². The molecular formula is C13H20O4. The van der Waals surface area contributed by atoms with Crippen LogP contribution in [0, 0.1) is 5.41 Å². The molecule has 17 heavy (non-hydrogen) atoms. The summed E-state index contributed by atoms with van der Waals surface area (Å²) in [5.74, 6) is -0.594. The highest BCUT2D eigenvalue weighted by Gasteiger charge is 2.38. The maximum atomic E-state index is 10.9. The Bertz CT molecular complexity index is 320. The van der Waals surface area contributed by atoms with Gasteiger partial charge in [0.2, 0.25) is 0 Å². The monoisotopic (exact) mass is 240 g/mol. The van der Waals surface area contributed by atoms with Crippen molar-refractivity contribution in [1.82, 2.24) is 0 Å². The third-order valence-electron chi connectivity index (χ3n) is 3.17. The summed E-state index contributed by atoms with van der Waals surface area (Å²) in [6, 6.07) is 0. The highest BCUT2D eigenvalue weighted by atomic mass is 16.5. The van der Waals surface area contributed by atoms with E-state index in [1.54, 1.807) is 0 Å². The van der Waals surface area contributed by atoms with Crippen LogP contribution in [0.4, 0.5) is 0 Å². The van der Waals surface area contributed by atoms with Crippen molar-refractivity contribution in [3.63, 3.8) is 0 Å². The molecule has 96 valence electrons. The maximum Gasteiger partial charge on any atom is 0.302 e. The van der Waals surface area contributed by atoms with Gasteiger partial charge in [-0.05, 0) is 26.7 Å². The summed E-state index contributed by atoms with van der Waals surface area (Å²) >= 11 is 0. The second-order valence-corrected chi connectivity index (χ2v) is 4.97. The van der Waals surface area contributed by atoms with E-state index in [4.69, 9.17) is 9.47 Å². The zero-order valence-electron chi connectivity index (χ0n) is 11.0. The number of carbonyl (C=O) groups is 2. The Morgan fingerprint density at radius 1 is 1.00 bits per heavy atom. The van der Waals surface area contributed by atoms with E-state index in [9.17, 15) is 9.59 Å². The van der Waals surface area contributed by atoms with Gasteiger partial charge in [0, 0.05) is 19.3 Å². The van der Waals surface area contributed by atoms with Crippen LogP contribution in [0.3, 0.4) is 0 Å². The normalized spacial score (nSPS) is 18.1. The largest absolute Gasteiger partial charge is 0.465 e. The minimum absolute atomic E-state index is 0.258. The summed E-state index contributed by atoms with van der Waals surface area (Å²) < 4.78 is 10.2. The molecule has 0 aromatic rings. The fourth-order valence-corrected chi connectivity index (χ4v) is 2.24. The first-order valence-corrected chi connectivity index (χ1v) is 5.77. The van der Waals surface area contributed by atoms with Crippen LogP contribution in [-0.4, -0.2) is 25.2 Å². The van der Waals surface area contributed by atoms with Crippen LogP contribution in [0.15, 0.2) is 11.1 Å². The van der Waals surface area contributed by atoms with Crippen LogP contribution >= 0.6 is 0 Å². The smallest absolute Gasteiger partial charge is 0.302 e. The quantitative estimate of drug-likeness (QED) is 0.558. The molecule has 0 spiro atoms. The van der Waals surface area contributed by atoms with Gasteiger partial charge in [-0.25, -0.2) is 0 Å². The Hall–Kier alpha value is -1.32. The molecule has 1 aliphatic rings. The highest BCUT2D eigenvalue weighted by Crippen LogP contribution is 2.42. The molecule has 0 fully saturated rings. The standard InChI is InChI=1S/C13H20O4/c1-9-5-13(6-10(9)2,7-16-11(3)14)8-17-12(4)15/h5-8H2,1-4H3. The lowest BCUT2D eigenvalue weighted by atomic mass is 9.85. The van der Waals surface area contributed by atoms with Gasteiger partial charge in [-0.2, -0.15) is 0 Å². The highest BCUT2D eigenvalue weighted by molar-refractivity contribution is 5.66. The molecule has 0 unspecified atom stereocenters. The van der Waals surface area contributed by atoms with Crippen molar-refractivity contribution in [1.29, 1.82) is 0 Å². The van der Waals surface area contributed by atoms with Crippen molar-refractivity contribution < 1.29 is 19.1 Å². The number of hydrogen-bond acceptors (Lipinski definition) is 4. The number of allylic oxidation sites excluding steroid dienone is 2. The molecule has 0 atom stereocenters. The molecule has 0 amide bonds. The van der Waals surface area contributed by atoms with Gasteiger partial charge in [0.05, 0.1) is 0 Å². The van der Waals surface area contributed by atoms with Crippen LogP contribution in [0.2, 0.25) is 0 Å². The van der Waals surface area contributed by atoms with Gasteiger partial charge in [-0.1, -0.05) is 11.1 Å². The van der Waals surface area contributed by atoms with E-state index in [-0.39, 0.29) is 17.4 Å². The average molecular weight is 240 g/mol. The minimum atomic E-state index is -0.297. The van der Waals surface area contributed by atoms with E-state index in [1.165, 1.54) is 25.0 Å². The molecule has 4 nitrogen and oxygen atoms in total. The fraction of sp³-hybridized carbons (Fsp3) is 0.692. The Kier molecular flexibility index (Phi) is 4.32. The van der Waals surface area contributed by atoms with Crippen LogP contribution in [-0.2, 0) is 19.1 Å². The van der Waals surface area contributed by atoms with Crippen molar-refractivity contribution in [2.75, 3.05) is 13.2 Å². The van der Waals surface area contributed by atoms with Gasteiger partial charge in [-0.15, -0.1) is 0 Å². The summed E-state index contributed by atoms with van der Waals surface area (Å²) in [7, 11) is 0. The number of esters is 2. The van der Waals surface area contributed by atoms with Crippen LogP contribution in [0.1, 0.15) is 40.5 Å². The summed E-state index contributed by atoms with van der Waals surface area (Å²) in [5, 5.41) is 0. The average Bonchev–Trinajstić information content (AvgIpc) is 2.50. The molecule has 0 aliphatic heterocycles. The van der Waals surface area contributed by atoms with Crippen molar-refractivity contribution in [2.45, 2.75) is 40.5 Å². The van der Waals surface area contributed by atoms with E-state index < -0.39 is 0 Å². The molecule has 1 rings (SSSR count). The maximum absolute atomic E-state index is 10.9. The molecule has 0 saturated heterocycles. The predicted octanol–water partition coefficient (Wildman–Crippen LogP) is 2.23. The van der Waals surface area contributed by atoms with E-state index >= 15 is 0 Å². The first kappa shape index (κ1) is 13.7. The third-order valence-corrected chi connectivity index (χ3v) is 3.17. The number of carbonyl (C=O) groups excluding carboxylic acids is 2. The SMILES string of the molecule is CC(=O)OCC1(COC(C)=O)CC(C)=C(C)C1. The molecule has 0 aromatic heterocycles. The van der Waals surface area contributed by atoms with Crippen molar-refractivity contribution in [3.8, 4) is 0 Å². The molecule has 0 heterocycles. The van der Waals surface area contributed by atoms with Gasteiger partial charge in [0.1, 0.15) is 13.2 Å². The summed E-state index contributed by atoms with van der Waals surface area (Å²) in [6.45, 7) is 7.54. The van der Waals surface area contributed by atoms with E-state index in [2.05, 4.69) is 13.8 Å². The molecule has 0 radical (unpaired) electrons. The Labute approximate surface area is 102 Å². The molecule has 0 bridgehead atoms. The zero-order valence-corrected chi connectivity index (χ0v) is 11.0. The molecule has 0 saturated carbocycles. The van der Waals surface area contributed by atoms with Gasteiger partial charge in [0.25, 0.3) is 0 Å². The van der Waals surface area contributed by atoms with E-state index in [0.29, 0.717) is 13.2 Å². The lowest BCUT2D eigenvalue weighted by molar-refractivity contribution is -0.151. The number of rotatable bonds is 4. The van der Waals surface area contributed by atoms with Crippen LogP contribution in [0.25, 0.3) is 0 Å². The number of ether oxygens (including phenoxy) is 2. The van der Waals surface area contributed by atoms with Crippen LogP contribution in [0.5, 0.6) is 0 Å². The van der Waals surface area contributed by atoms with Gasteiger partial charge < -0.3 is 9.47 Å². The second-order valence-electron chi connectivity index (χ2n) is 4.97. The lowest BCUT2D eigenvalue weighted by Crippen LogP contribution is -2.32. The van der Waals surface area contributed by atoms with Crippen molar-refractivity contribution >= 4 is 11.9 Å². The molecule has 4 heteroatoms. The van der Waals surface area contributed by atoms with Gasteiger partial charge >= 0.3 is 11.9 Å². The first-order valence-electron chi connectivity index (χ1n) is 5.77. The Morgan fingerprint density at radius 2 is 1.35 bits per heavy atom. The number of hydrogen-bond donors (Lipinski definition) is 0. The molecular weight excluding hydrogens is 220 g/mol.